The van der Waals surface area contributed by atoms with Crippen LogP contribution >= 0.6 is 0 Å². The molecule has 4 rings (SSSR count). The molecule has 0 aromatic carbocycles. The first kappa shape index (κ1) is 15.7. The molecule has 0 N–H and O–H groups in total. The summed E-state index contributed by atoms with van der Waals surface area (Å²) >= 11 is 0. The third-order valence-electron chi connectivity index (χ3n) is 4.87. The van der Waals surface area contributed by atoms with E-state index in [9.17, 15) is 0 Å². The van der Waals surface area contributed by atoms with Gasteiger partial charge >= 0.3 is 0 Å². The summed E-state index contributed by atoms with van der Waals surface area (Å²) in [5.41, 5.74) is 0. The topological polar surface area (TPSA) is 81.1 Å². The quantitative estimate of drug-likeness (QED) is 0.771. The van der Waals surface area contributed by atoms with Gasteiger partial charge in [-0.05, 0) is 38.6 Å². The highest BCUT2D eigenvalue weighted by Gasteiger charge is 2.32. The van der Waals surface area contributed by atoms with Crippen molar-refractivity contribution in [3.05, 3.63) is 23.4 Å². The van der Waals surface area contributed by atoms with Crippen molar-refractivity contribution in [3.8, 4) is 0 Å². The monoisotopic (exact) mass is 331 g/mol. The highest BCUT2D eigenvalue weighted by atomic mass is 16.5. The molecule has 2 aromatic rings. The lowest BCUT2D eigenvalue weighted by molar-refractivity contribution is 0.188. The zero-order valence-electron chi connectivity index (χ0n) is 14.3. The van der Waals surface area contributed by atoms with Crippen molar-refractivity contribution in [1.82, 2.24) is 25.2 Å². The smallest absolute Gasteiger partial charge is 0.229 e. The van der Waals surface area contributed by atoms with Crippen molar-refractivity contribution >= 4 is 0 Å². The number of piperidine rings is 1. The van der Waals surface area contributed by atoms with Gasteiger partial charge in [-0.1, -0.05) is 23.7 Å². The number of nitrogens with zero attached hydrogens (tertiary/aromatic N) is 5. The molecule has 1 atom stereocenters. The van der Waals surface area contributed by atoms with Gasteiger partial charge in [-0.2, -0.15) is 9.97 Å². The van der Waals surface area contributed by atoms with Gasteiger partial charge in [0, 0.05) is 24.8 Å². The number of hydrogen-bond donors (Lipinski definition) is 0. The maximum Gasteiger partial charge on any atom is 0.229 e. The highest BCUT2D eigenvalue weighted by Crippen LogP contribution is 2.39. The average molecular weight is 331 g/mol. The Morgan fingerprint density at radius 1 is 1.08 bits per heavy atom. The van der Waals surface area contributed by atoms with Crippen molar-refractivity contribution in [2.24, 2.45) is 0 Å². The van der Waals surface area contributed by atoms with E-state index in [2.05, 4.69) is 32.1 Å². The van der Waals surface area contributed by atoms with Crippen LogP contribution in [0.25, 0.3) is 0 Å². The van der Waals surface area contributed by atoms with E-state index in [4.69, 9.17) is 9.05 Å². The van der Waals surface area contributed by atoms with E-state index in [1.54, 1.807) is 0 Å². The van der Waals surface area contributed by atoms with Crippen molar-refractivity contribution < 1.29 is 9.05 Å². The summed E-state index contributed by atoms with van der Waals surface area (Å²) in [6.07, 6.45) is 7.74. The summed E-state index contributed by atoms with van der Waals surface area (Å²) in [5, 5.41) is 8.34. The first-order chi connectivity index (χ1) is 11.8. The minimum atomic E-state index is 0.349. The fourth-order valence-corrected chi connectivity index (χ4v) is 3.30. The fourth-order valence-electron chi connectivity index (χ4n) is 3.30. The van der Waals surface area contributed by atoms with Crippen LogP contribution in [0.15, 0.2) is 9.05 Å². The molecule has 24 heavy (non-hydrogen) atoms. The van der Waals surface area contributed by atoms with E-state index in [-0.39, 0.29) is 0 Å². The summed E-state index contributed by atoms with van der Waals surface area (Å²) < 4.78 is 10.7. The third kappa shape index (κ3) is 3.66. The van der Waals surface area contributed by atoms with E-state index < -0.39 is 0 Å². The van der Waals surface area contributed by atoms with Crippen LogP contribution in [-0.4, -0.2) is 38.3 Å². The zero-order chi connectivity index (χ0) is 16.4. The summed E-state index contributed by atoms with van der Waals surface area (Å²) in [6, 6.07) is 0. The van der Waals surface area contributed by atoms with Crippen LogP contribution in [-0.2, 0) is 13.0 Å². The predicted molar refractivity (Wildman–Crippen MR) is 86.4 cm³/mol. The van der Waals surface area contributed by atoms with Gasteiger partial charge in [-0.15, -0.1) is 0 Å². The molecule has 1 unspecified atom stereocenters. The zero-order valence-corrected chi connectivity index (χ0v) is 14.3. The van der Waals surface area contributed by atoms with Gasteiger partial charge in [-0.3, -0.25) is 4.90 Å². The first-order valence-corrected chi connectivity index (χ1v) is 9.19. The predicted octanol–water partition coefficient (Wildman–Crippen LogP) is 3.05. The Morgan fingerprint density at radius 3 is 2.83 bits per heavy atom. The molecule has 1 saturated carbocycles. The molecule has 0 spiro atoms. The molecule has 0 amide bonds. The molecule has 130 valence electrons. The van der Waals surface area contributed by atoms with Gasteiger partial charge in [0.05, 0.1) is 6.54 Å². The second kappa shape index (κ2) is 7.01. The maximum atomic E-state index is 5.42. The van der Waals surface area contributed by atoms with Crippen LogP contribution in [0.3, 0.4) is 0 Å². The fraction of sp³-hybridized carbons (Fsp3) is 0.765. The molecule has 1 aliphatic carbocycles. The third-order valence-corrected chi connectivity index (χ3v) is 4.87. The minimum Gasteiger partial charge on any atom is -0.339 e. The van der Waals surface area contributed by atoms with Crippen LogP contribution in [0.1, 0.15) is 80.7 Å². The molecule has 2 aliphatic rings. The van der Waals surface area contributed by atoms with E-state index in [1.165, 1.54) is 12.8 Å². The van der Waals surface area contributed by atoms with Gasteiger partial charge in [0.25, 0.3) is 0 Å². The van der Waals surface area contributed by atoms with Crippen LogP contribution < -0.4 is 0 Å². The number of unbranched alkanes of at least 4 members (excludes halogenated alkanes) is 1. The second-order valence-corrected chi connectivity index (χ2v) is 7.05. The standard InChI is InChI=1S/C17H25N5O2/c1-2-3-6-15-18-14(20-23-15)11-22-9-4-5-13(10-22)16-19-17(24-21-16)12-7-8-12/h12-13H,2-11H2,1H3. The Kier molecular flexibility index (Phi) is 4.60. The molecule has 1 saturated heterocycles. The normalized spacial score (nSPS) is 22.1. The van der Waals surface area contributed by atoms with Crippen molar-refractivity contribution in [1.29, 1.82) is 0 Å². The number of aryl methyl sites for hydroxylation is 1. The maximum absolute atomic E-state index is 5.42. The first-order valence-electron chi connectivity index (χ1n) is 9.19. The van der Waals surface area contributed by atoms with E-state index in [1.807, 2.05) is 0 Å². The summed E-state index contributed by atoms with van der Waals surface area (Å²) in [6.45, 7) is 4.89. The average Bonchev–Trinajstić information content (AvgIpc) is 3.16. The Balaban J connectivity index is 1.34. The molecule has 2 aromatic heterocycles. The molecule has 7 heteroatoms. The van der Waals surface area contributed by atoms with Gasteiger partial charge in [-0.25, -0.2) is 0 Å². The molecule has 3 heterocycles. The Morgan fingerprint density at radius 2 is 2.00 bits per heavy atom. The van der Waals surface area contributed by atoms with Crippen LogP contribution in [0, 0.1) is 0 Å². The molecule has 7 nitrogen and oxygen atoms in total. The van der Waals surface area contributed by atoms with Gasteiger partial charge in [0.1, 0.15) is 0 Å². The number of rotatable bonds is 7. The van der Waals surface area contributed by atoms with Crippen molar-refractivity contribution in [3.63, 3.8) is 0 Å². The van der Waals surface area contributed by atoms with Gasteiger partial charge in [0.15, 0.2) is 11.6 Å². The molecular weight excluding hydrogens is 306 g/mol. The molecule has 1 aliphatic heterocycles. The summed E-state index contributed by atoms with van der Waals surface area (Å²) in [5.74, 6) is 4.12. The number of aromatic nitrogens is 4. The molecule has 0 bridgehead atoms. The van der Waals surface area contributed by atoms with Crippen molar-refractivity contribution in [2.75, 3.05) is 13.1 Å². The lowest BCUT2D eigenvalue weighted by Gasteiger charge is -2.30. The van der Waals surface area contributed by atoms with E-state index in [0.29, 0.717) is 11.8 Å². The number of hydrogen-bond acceptors (Lipinski definition) is 7. The van der Waals surface area contributed by atoms with E-state index in [0.717, 1.165) is 75.2 Å². The Bertz CT molecular complexity index is 663. The van der Waals surface area contributed by atoms with Gasteiger partial charge in [0.2, 0.25) is 11.8 Å². The Hall–Kier alpha value is -1.76. The van der Waals surface area contributed by atoms with Crippen molar-refractivity contribution in [2.45, 2.75) is 70.3 Å². The van der Waals surface area contributed by atoms with Crippen LogP contribution in [0.4, 0.5) is 0 Å². The lowest BCUT2D eigenvalue weighted by Crippen LogP contribution is -2.34. The largest absolute Gasteiger partial charge is 0.339 e. The second-order valence-electron chi connectivity index (χ2n) is 7.05. The Labute approximate surface area is 141 Å². The molecule has 0 radical (unpaired) electrons. The molecule has 2 fully saturated rings. The lowest BCUT2D eigenvalue weighted by atomic mass is 9.97. The minimum absolute atomic E-state index is 0.349. The summed E-state index contributed by atoms with van der Waals surface area (Å²) in [7, 11) is 0. The number of likely N-dealkylation sites (tertiary alicyclic amines) is 1. The molecular formula is C17H25N5O2. The van der Waals surface area contributed by atoms with Crippen LogP contribution in [0.5, 0.6) is 0 Å². The summed E-state index contributed by atoms with van der Waals surface area (Å²) in [4.78, 5) is 11.5. The van der Waals surface area contributed by atoms with E-state index >= 15 is 0 Å². The van der Waals surface area contributed by atoms with Gasteiger partial charge < -0.3 is 9.05 Å². The van der Waals surface area contributed by atoms with Crippen LogP contribution in [0.2, 0.25) is 0 Å². The highest BCUT2D eigenvalue weighted by molar-refractivity contribution is 5.05. The SMILES string of the molecule is CCCCc1nc(CN2CCCC(c3noc(C4CC4)n3)C2)no1.